The van der Waals surface area contributed by atoms with Gasteiger partial charge in [0.25, 0.3) is 0 Å². The van der Waals surface area contributed by atoms with Crippen molar-refractivity contribution in [2.75, 3.05) is 0 Å². The zero-order valence-electron chi connectivity index (χ0n) is 9.05. The first-order valence-corrected chi connectivity index (χ1v) is 5.02. The van der Waals surface area contributed by atoms with E-state index in [1.54, 1.807) is 24.3 Å². The molecule has 1 aromatic carbocycles. The number of carbonyl (C=O) groups is 1. The summed E-state index contributed by atoms with van der Waals surface area (Å²) in [5.41, 5.74) is 1.67. The summed E-state index contributed by atoms with van der Waals surface area (Å²) in [5, 5.41) is 12.3. The van der Waals surface area contributed by atoms with Crippen LogP contribution in [0.1, 0.15) is 29.2 Å². The Hall–Kier alpha value is -2.17. The van der Waals surface area contributed by atoms with Gasteiger partial charge in [-0.15, -0.1) is 0 Å². The van der Waals surface area contributed by atoms with Crippen LogP contribution in [0, 0.1) is 0 Å². The molecule has 1 atom stereocenters. The fourth-order valence-corrected chi connectivity index (χ4v) is 1.43. The van der Waals surface area contributed by atoms with Crippen LogP contribution in [-0.2, 0) is 0 Å². The van der Waals surface area contributed by atoms with Crippen molar-refractivity contribution in [1.29, 1.82) is 0 Å². The lowest BCUT2D eigenvalue weighted by molar-refractivity contribution is 0.0652. The van der Waals surface area contributed by atoms with Crippen molar-refractivity contribution in [3.05, 3.63) is 41.7 Å². The number of carboxylic acid groups (broad SMARTS) is 1. The van der Waals surface area contributed by atoms with E-state index in [4.69, 9.17) is 5.11 Å². The second-order valence-electron chi connectivity index (χ2n) is 3.62. The Bertz CT molecular complexity index is 531. The second-order valence-corrected chi connectivity index (χ2v) is 3.62. The normalized spacial score (nSPS) is 12.4. The first-order chi connectivity index (χ1) is 8.08. The molecule has 0 aliphatic heterocycles. The Balaban J connectivity index is 2.30. The minimum atomic E-state index is -1.17. The molecule has 0 aliphatic rings. The number of halogens is 1. The smallest absolute Gasteiger partial charge is 0.374 e. The van der Waals surface area contributed by atoms with Gasteiger partial charge in [-0.1, -0.05) is 29.4 Å². The Morgan fingerprint density at radius 2 is 2.06 bits per heavy atom. The van der Waals surface area contributed by atoms with E-state index in [0.29, 0.717) is 16.8 Å². The van der Waals surface area contributed by atoms with Gasteiger partial charge in [-0.3, -0.25) is 0 Å². The molecule has 0 saturated carbocycles. The minimum Gasteiger partial charge on any atom is -0.475 e. The molecule has 2 aromatic rings. The van der Waals surface area contributed by atoms with Crippen molar-refractivity contribution < 1.29 is 18.8 Å². The van der Waals surface area contributed by atoms with E-state index < -0.39 is 12.1 Å². The van der Waals surface area contributed by atoms with E-state index >= 15 is 0 Å². The molecule has 0 saturated heterocycles. The molecule has 88 valence electrons. The number of nitrogens with zero attached hydrogens (tertiary/aromatic N) is 1. The van der Waals surface area contributed by atoms with E-state index in [2.05, 4.69) is 9.68 Å². The van der Waals surface area contributed by atoms with Crippen LogP contribution >= 0.6 is 0 Å². The monoisotopic (exact) mass is 235 g/mol. The molecule has 0 bridgehead atoms. The van der Waals surface area contributed by atoms with Crippen molar-refractivity contribution in [3.63, 3.8) is 0 Å². The quantitative estimate of drug-likeness (QED) is 0.887. The zero-order chi connectivity index (χ0) is 12.4. The number of benzene rings is 1. The van der Waals surface area contributed by atoms with Crippen LogP contribution in [0.15, 0.2) is 34.9 Å². The lowest BCUT2D eigenvalue weighted by atomic mass is 10.1. The number of rotatable bonds is 3. The van der Waals surface area contributed by atoms with E-state index in [1.807, 2.05) is 0 Å². The maximum atomic E-state index is 13.0. The van der Waals surface area contributed by atoms with E-state index in [9.17, 15) is 9.18 Å². The van der Waals surface area contributed by atoms with Gasteiger partial charge in [0, 0.05) is 11.6 Å². The second kappa shape index (κ2) is 4.37. The van der Waals surface area contributed by atoms with Gasteiger partial charge in [0.1, 0.15) is 11.9 Å². The van der Waals surface area contributed by atoms with Crippen molar-refractivity contribution in [1.82, 2.24) is 5.16 Å². The summed E-state index contributed by atoms with van der Waals surface area (Å²) in [4.78, 5) is 10.6. The van der Waals surface area contributed by atoms with Crippen LogP contribution in [0.3, 0.4) is 0 Å². The summed E-state index contributed by atoms with van der Waals surface area (Å²) >= 11 is 0. The van der Waals surface area contributed by atoms with E-state index in [-0.39, 0.29) is 5.76 Å². The molecule has 0 fully saturated rings. The number of carboxylic acids is 1. The third kappa shape index (κ3) is 2.33. The SMILES string of the molecule is CC(F)c1ccc(-c2cc(C(=O)O)on2)cc1. The van der Waals surface area contributed by atoms with Crippen molar-refractivity contribution in [2.24, 2.45) is 0 Å². The standard InChI is InChI=1S/C12H10FNO3/c1-7(13)8-2-4-9(5-3-8)10-6-11(12(15)16)17-14-10/h2-7H,1H3,(H,15,16). The maximum absolute atomic E-state index is 13.0. The largest absolute Gasteiger partial charge is 0.475 e. The molecular formula is C12H10FNO3. The summed E-state index contributed by atoms with van der Waals surface area (Å²) in [6.45, 7) is 1.45. The Kier molecular flexibility index (Phi) is 2.91. The third-order valence-corrected chi connectivity index (χ3v) is 2.39. The number of hydrogen-bond acceptors (Lipinski definition) is 3. The average Bonchev–Trinajstić information content (AvgIpc) is 2.78. The van der Waals surface area contributed by atoms with Crippen LogP contribution in [0.25, 0.3) is 11.3 Å². The first-order valence-electron chi connectivity index (χ1n) is 5.02. The van der Waals surface area contributed by atoms with Crippen molar-refractivity contribution >= 4 is 5.97 Å². The van der Waals surface area contributed by atoms with Crippen molar-refractivity contribution in [2.45, 2.75) is 13.1 Å². The molecule has 1 unspecified atom stereocenters. The van der Waals surface area contributed by atoms with Gasteiger partial charge in [0.2, 0.25) is 5.76 Å². The van der Waals surface area contributed by atoms with Gasteiger partial charge in [-0.25, -0.2) is 9.18 Å². The lowest BCUT2D eigenvalue weighted by Gasteiger charge is -2.02. The van der Waals surface area contributed by atoms with Crippen LogP contribution in [0.2, 0.25) is 0 Å². The van der Waals surface area contributed by atoms with Crippen LogP contribution < -0.4 is 0 Å². The van der Waals surface area contributed by atoms with Gasteiger partial charge in [-0.05, 0) is 12.5 Å². The van der Waals surface area contributed by atoms with E-state index in [1.165, 1.54) is 13.0 Å². The van der Waals surface area contributed by atoms with Crippen molar-refractivity contribution in [3.8, 4) is 11.3 Å². The van der Waals surface area contributed by atoms with Crippen LogP contribution in [0.5, 0.6) is 0 Å². The lowest BCUT2D eigenvalue weighted by Crippen LogP contribution is -1.91. The van der Waals surface area contributed by atoms with Crippen LogP contribution in [-0.4, -0.2) is 16.2 Å². The van der Waals surface area contributed by atoms with E-state index in [0.717, 1.165) is 0 Å². The minimum absolute atomic E-state index is 0.220. The van der Waals surface area contributed by atoms with Crippen LogP contribution in [0.4, 0.5) is 4.39 Å². The molecule has 0 radical (unpaired) electrons. The first kappa shape index (κ1) is 11.3. The molecule has 0 amide bonds. The Morgan fingerprint density at radius 1 is 1.41 bits per heavy atom. The highest BCUT2D eigenvalue weighted by Gasteiger charge is 2.12. The summed E-state index contributed by atoms with van der Waals surface area (Å²) < 4.78 is 17.6. The molecule has 5 heteroatoms. The third-order valence-electron chi connectivity index (χ3n) is 2.39. The predicted octanol–water partition coefficient (Wildman–Crippen LogP) is 3.07. The molecule has 0 spiro atoms. The molecule has 1 N–H and O–H groups in total. The highest BCUT2D eigenvalue weighted by molar-refractivity contribution is 5.85. The van der Waals surface area contributed by atoms with Gasteiger partial charge >= 0.3 is 5.97 Å². The fraction of sp³-hybridized carbons (Fsp3) is 0.167. The summed E-state index contributed by atoms with van der Waals surface area (Å²) in [5.74, 6) is -1.39. The molecule has 2 rings (SSSR count). The molecule has 1 aromatic heterocycles. The zero-order valence-corrected chi connectivity index (χ0v) is 9.05. The Labute approximate surface area is 96.7 Å². The number of alkyl halides is 1. The van der Waals surface area contributed by atoms with Gasteiger partial charge in [0.15, 0.2) is 0 Å². The number of aromatic carboxylic acids is 1. The molecule has 4 nitrogen and oxygen atoms in total. The topological polar surface area (TPSA) is 63.3 Å². The summed E-state index contributed by atoms with van der Waals surface area (Å²) in [6.07, 6.45) is -1.03. The molecular weight excluding hydrogens is 225 g/mol. The summed E-state index contributed by atoms with van der Waals surface area (Å²) in [6, 6.07) is 7.95. The molecule has 17 heavy (non-hydrogen) atoms. The summed E-state index contributed by atoms with van der Waals surface area (Å²) in [7, 11) is 0. The number of aromatic nitrogens is 1. The molecule has 1 heterocycles. The number of hydrogen-bond donors (Lipinski definition) is 1. The fourth-order valence-electron chi connectivity index (χ4n) is 1.43. The Morgan fingerprint density at radius 3 is 2.53 bits per heavy atom. The van der Waals surface area contributed by atoms with Gasteiger partial charge in [-0.2, -0.15) is 0 Å². The predicted molar refractivity (Wildman–Crippen MR) is 58.4 cm³/mol. The highest BCUT2D eigenvalue weighted by Crippen LogP contribution is 2.23. The average molecular weight is 235 g/mol. The highest BCUT2D eigenvalue weighted by atomic mass is 19.1. The maximum Gasteiger partial charge on any atom is 0.374 e. The molecule has 0 aliphatic carbocycles. The van der Waals surface area contributed by atoms with Gasteiger partial charge in [0.05, 0.1) is 0 Å². The van der Waals surface area contributed by atoms with Gasteiger partial charge < -0.3 is 9.63 Å².